The van der Waals surface area contributed by atoms with E-state index in [0.29, 0.717) is 5.69 Å². The lowest BCUT2D eigenvalue weighted by Gasteiger charge is -2.29. The number of thiocarbonyl (C=S) groups is 1. The highest BCUT2D eigenvalue weighted by molar-refractivity contribution is 7.80. The third-order valence-electron chi connectivity index (χ3n) is 5.57. The minimum absolute atomic E-state index is 0.0756. The molecule has 2 saturated heterocycles. The SMILES string of the molecule is Cc1ccc(N2C(=O)/C(=C/c3ccc(N4CCCCCC4)cc3)C(=O)NC2=S)cc1. The first-order valence-corrected chi connectivity index (χ1v) is 10.8. The lowest BCUT2D eigenvalue weighted by atomic mass is 10.1. The zero-order valence-electron chi connectivity index (χ0n) is 17.1. The molecule has 0 bridgehead atoms. The highest BCUT2D eigenvalue weighted by Crippen LogP contribution is 2.24. The van der Waals surface area contributed by atoms with E-state index >= 15 is 0 Å². The first kappa shape index (κ1) is 20.3. The molecular weight excluding hydrogens is 394 g/mol. The molecule has 2 amide bonds. The predicted octanol–water partition coefficient (Wildman–Crippen LogP) is 4.21. The summed E-state index contributed by atoms with van der Waals surface area (Å²) in [6.07, 6.45) is 6.64. The number of anilines is 2. The van der Waals surface area contributed by atoms with Gasteiger partial charge in [-0.15, -0.1) is 0 Å². The Morgan fingerprint density at radius 2 is 1.47 bits per heavy atom. The van der Waals surface area contributed by atoms with Gasteiger partial charge in [0.1, 0.15) is 5.57 Å². The van der Waals surface area contributed by atoms with Gasteiger partial charge < -0.3 is 4.90 Å². The Kier molecular flexibility index (Phi) is 5.95. The summed E-state index contributed by atoms with van der Waals surface area (Å²) in [7, 11) is 0. The maximum atomic E-state index is 13.1. The van der Waals surface area contributed by atoms with Gasteiger partial charge in [-0.05, 0) is 67.9 Å². The second-order valence-corrected chi connectivity index (χ2v) is 8.17. The van der Waals surface area contributed by atoms with Crippen LogP contribution in [-0.4, -0.2) is 30.0 Å². The van der Waals surface area contributed by atoms with Crippen LogP contribution < -0.4 is 15.1 Å². The molecule has 2 aliphatic heterocycles. The summed E-state index contributed by atoms with van der Waals surface area (Å²) >= 11 is 5.25. The minimum Gasteiger partial charge on any atom is -0.372 e. The Bertz CT molecular complexity index is 988. The van der Waals surface area contributed by atoms with Crippen molar-refractivity contribution in [3.63, 3.8) is 0 Å². The van der Waals surface area contributed by atoms with Crippen molar-refractivity contribution in [2.75, 3.05) is 22.9 Å². The molecule has 0 aromatic heterocycles. The van der Waals surface area contributed by atoms with Gasteiger partial charge in [0.05, 0.1) is 5.69 Å². The summed E-state index contributed by atoms with van der Waals surface area (Å²) in [6, 6.07) is 15.5. The number of nitrogens with one attached hydrogen (secondary N) is 1. The highest BCUT2D eigenvalue weighted by Gasteiger charge is 2.34. The fourth-order valence-electron chi connectivity index (χ4n) is 3.86. The summed E-state index contributed by atoms with van der Waals surface area (Å²) in [6.45, 7) is 4.12. The van der Waals surface area contributed by atoms with E-state index in [1.165, 1.54) is 36.3 Å². The van der Waals surface area contributed by atoms with Gasteiger partial charge in [0, 0.05) is 18.8 Å². The van der Waals surface area contributed by atoms with E-state index in [9.17, 15) is 9.59 Å². The zero-order valence-corrected chi connectivity index (χ0v) is 17.9. The predicted molar refractivity (Wildman–Crippen MR) is 125 cm³/mol. The Hall–Kier alpha value is -2.99. The van der Waals surface area contributed by atoms with Crippen LogP contribution in [0.15, 0.2) is 54.1 Å². The standard InChI is InChI=1S/C24H25N3O2S/c1-17-6-10-20(11-7-17)27-23(29)21(22(28)25-24(27)30)16-18-8-12-19(13-9-18)26-14-4-2-3-5-15-26/h6-13,16H,2-5,14-15H2,1H3,(H,25,28,30)/b21-16+. The van der Waals surface area contributed by atoms with Gasteiger partial charge in [0.15, 0.2) is 5.11 Å². The van der Waals surface area contributed by atoms with Gasteiger partial charge in [-0.2, -0.15) is 0 Å². The van der Waals surface area contributed by atoms with Crippen LogP contribution in [0.25, 0.3) is 6.08 Å². The average molecular weight is 420 g/mol. The van der Waals surface area contributed by atoms with Crippen LogP contribution in [0, 0.1) is 6.92 Å². The molecular formula is C24H25N3O2S. The normalized spacial score (nSPS) is 19.1. The number of benzene rings is 2. The van der Waals surface area contributed by atoms with Crippen molar-refractivity contribution < 1.29 is 9.59 Å². The number of amides is 2. The van der Waals surface area contributed by atoms with Crippen molar-refractivity contribution in [1.29, 1.82) is 0 Å². The summed E-state index contributed by atoms with van der Waals surface area (Å²) < 4.78 is 0. The van der Waals surface area contributed by atoms with E-state index in [4.69, 9.17) is 12.2 Å². The first-order chi connectivity index (χ1) is 14.5. The van der Waals surface area contributed by atoms with Gasteiger partial charge in [0.25, 0.3) is 11.8 Å². The second kappa shape index (κ2) is 8.79. The molecule has 0 unspecified atom stereocenters. The number of carbonyl (C=O) groups excluding carboxylic acids is 2. The smallest absolute Gasteiger partial charge is 0.270 e. The van der Waals surface area contributed by atoms with Crippen molar-refractivity contribution in [2.45, 2.75) is 32.6 Å². The van der Waals surface area contributed by atoms with Gasteiger partial charge >= 0.3 is 0 Å². The number of rotatable bonds is 3. The van der Waals surface area contributed by atoms with Crippen LogP contribution in [0.3, 0.4) is 0 Å². The molecule has 1 N–H and O–H groups in total. The molecule has 0 saturated carbocycles. The highest BCUT2D eigenvalue weighted by atomic mass is 32.1. The Morgan fingerprint density at radius 1 is 0.867 bits per heavy atom. The number of nitrogens with zero attached hydrogens (tertiary/aromatic N) is 2. The van der Waals surface area contributed by atoms with Crippen LogP contribution in [-0.2, 0) is 9.59 Å². The zero-order chi connectivity index (χ0) is 21.1. The molecule has 2 aromatic rings. The van der Waals surface area contributed by atoms with Crippen LogP contribution in [0.5, 0.6) is 0 Å². The number of hydrogen-bond acceptors (Lipinski definition) is 4. The van der Waals surface area contributed by atoms with Crippen molar-refractivity contribution >= 4 is 46.6 Å². The summed E-state index contributed by atoms with van der Waals surface area (Å²) in [5, 5.41) is 2.73. The van der Waals surface area contributed by atoms with Crippen molar-refractivity contribution in [3.05, 3.63) is 65.2 Å². The van der Waals surface area contributed by atoms with Crippen LogP contribution in [0.1, 0.15) is 36.8 Å². The van der Waals surface area contributed by atoms with Gasteiger partial charge in [-0.1, -0.05) is 42.7 Å². The van der Waals surface area contributed by atoms with E-state index < -0.39 is 11.8 Å². The molecule has 0 radical (unpaired) electrons. The van der Waals surface area contributed by atoms with Crippen molar-refractivity contribution in [1.82, 2.24) is 5.32 Å². The van der Waals surface area contributed by atoms with Crippen LogP contribution >= 0.6 is 12.2 Å². The van der Waals surface area contributed by atoms with Gasteiger partial charge in [0.2, 0.25) is 0 Å². The molecule has 2 aromatic carbocycles. The molecule has 2 heterocycles. The van der Waals surface area contributed by atoms with Crippen molar-refractivity contribution in [2.24, 2.45) is 0 Å². The number of hydrogen-bond donors (Lipinski definition) is 1. The summed E-state index contributed by atoms with van der Waals surface area (Å²) in [5.41, 5.74) is 3.79. The largest absolute Gasteiger partial charge is 0.372 e. The molecule has 30 heavy (non-hydrogen) atoms. The molecule has 154 valence electrons. The quantitative estimate of drug-likeness (QED) is 0.460. The molecule has 0 atom stereocenters. The molecule has 4 rings (SSSR count). The van der Waals surface area contributed by atoms with E-state index in [-0.39, 0.29) is 10.7 Å². The fraction of sp³-hybridized carbons (Fsp3) is 0.292. The van der Waals surface area contributed by atoms with Gasteiger partial charge in [-0.3, -0.25) is 19.8 Å². The van der Waals surface area contributed by atoms with Crippen LogP contribution in [0.4, 0.5) is 11.4 Å². The third kappa shape index (κ3) is 4.28. The topological polar surface area (TPSA) is 52.7 Å². The maximum absolute atomic E-state index is 13.1. The third-order valence-corrected chi connectivity index (χ3v) is 5.85. The van der Waals surface area contributed by atoms with Crippen LogP contribution in [0.2, 0.25) is 0 Å². The lowest BCUT2D eigenvalue weighted by molar-refractivity contribution is -0.122. The summed E-state index contributed by atoms with van der Waals surface area (Å²) in [4.78, 5) is 29.3. The molecule has 0 aliphatic carbocycles. The average Bonchev–Trinajstić information content (AvgIpc) is 3.02. The maximum Gasteiger partial charge on any atom is 0.270 e. The number of carbonyl (C=O) groups is 2. The Balaban J connectivity index is 1.58. The molecule has 2 fully saturated rings. The number of aryl methyl sites for hydroxylation is 1. The molecule has 6 heteroatoms. The minimum atomic E-state index is -0.468. The van der Waals surface area contributed by atoms with E-state index in [1.807, 2.05) is 43.3 Å². The monoisotopic (exact) mass is 419 g/mol. The van der Waals surface area contributed by atoms with E-state index in [0.717, 1.165) is 24.2 Å². The Labute approximate surface area is 182 Å². The first-order valence-electron chi connectivity index (χ1n) is 10.4. The van der Waals surface area contributed by atoms with E-state index in [1.54, 1.807) is 6.08 Å². The lowest BCUT2D eigenvalue weighted by Crippen LogP contribution is -2.54. The molecule has 0 spiro atoms. The molecule has 5 nitrogen and oxygen atoms in total. The Morgan fingerprint density at radius 3 is 2.10 bits per heavy atom. The molecule has 2 aliphatic rings. The van der Waals surface area contributed by atoms with E-state index in [2.05, 4.69) is 22.3 Å². The summed E-state index contributed by atoms with van der Waals surface area (Å²) in [5.74, 6) is -0.880. The van der Waals surface area contributed by atoms with Crippen molar-refractivity contribution in [3.8, 4) is 0 Å². The second-order valence-electron chi connectivity index (χ2n) is 7.79. The van der Waals surface area contributed by atoms with Gasteiger partial charge in [-0.25, -0.2) is 0 Å². The fourth-order valence-corrected chi connectivity index (χ4v) is 4.14.